The van der Waals surface area contributed by atoms with Crippen LogP contribution in [0.4, 0.5) is 0 Å². The largest absolute Gasteiger partial charge is 0.462 e. The quantitative estimate of drug-likeness (QED) is 0.0199. The monoisotopic (exact) mass is 963 g/mol. The van der Waals surface area contributed by atoms with Gasteiger partial charge in [-0.15, -0.1) is 0 Å². The van der Waals surface area contributed by atoms with E-state index < -0.39 is 6.10 Å². The number of allylic oxidation sites excluding steroid dienone is 12. The van der Waals surface area contributed by atoms with E-state index in [9.17, 15) is 14.4 Å². The van der Waals surface area contributed by atoms with Crippen LogP contribution in [0.2, 0.25) is 0 Å². The van der Waals surface area contributed by atoms with Crippen molar-refractivity contribution < 1.29 is 28.6 Å². The summed E-state index contributed by atoms with van der Waals surface area (Å²) in [6, 6.07) is 0. The summed E-state index contributed by atoms with van der Waals surface area (Å²) in [6.07, 6.45) is 73.2. The smallest absolute Gasteiger partial charge is 0.306 e. The maximum absolute atomic E-state index is 12.9. The van der Waals surface area contributed by atoms with Gasteiger partial charge in [0.05, 0.1) is 0 Å². The van der Waals surface area contributed by atoms with Gasteiger partial charge in [-0.2, -0.15) is 0 Å². The molecule has 1 atom stereocenters. The first-order chi connectivity index (χ1) is 34.0. The summed E-state index contributed by atoms with van der Waals surface area (Å²) in [5.41, 5.74) is 0. The fraction of sp³-hybridized carbons (Fsp3) is 0.762. The van der Waals surface area contributed by atoms with Gasteiger partial charge in [0, 0.05) is 19.3 Å². The second-order valence-corrected chi connectivity index (χ2v) is 19.6. The van der Waals surface area contributed by atoms with Crippen molar-refractivity contribution in [2.75, 3.05) is 13.2 Å². The molecule has 1 unspecified atom stereocenters. The topological polar surface area (TPSA) is 78.9 Å². The van der Waals surface area contributed by atoms with E-state index in [-0.39, 0.29) is 31.1 Å². The number of hydrogen-bond donors (Lipinski definition) is 0. The van der Waals surface area contributed by atoms with Gasteiger partial charge in [0.15, 0.2) is 6.10 Å². The molecule has 0 aliphatic carbocycles. The zero-order valence-corrected chi connectivity index (χ0v) is 45.6. The average molecular weight is 964 g/mol. The van der Waals surface area contributed by atoms with Crippen LogP contribution in [-0.2, 0) is 28.6 Å². The maximum Gasteiger partial charge on any atom is 0.306 e. The van der Waals surface area contributed by atoms with Crippen LogP contribution in [-0.4, -0.2) is 37.2 Å². The van der Waals surface area contributed by atoms with E-state index in [0.717, 1.165) is 83.5 Å². The van der Waals surface area contributed by atoms with Gasteiger partial charge in [0.25, 0.3) is 0 Å². The third-order valence-electron chi connectivity index (χ3n) is 12.8. The van der Waals surface area contributed by atoms with E-state index in [1.54, 1.807) is 0 Å². The highest BCUT2D eigenvalue weighted by Gasteiger charge is 2.19. The number of carbonyl (C=O) groups excluding carboxylic acids is 3. The summed E-state index contributed by atoms with van der Waals surface area (Å²) in [5.74, 6) is -0.909. The van der Waals surface area contributed by atoms with Crippen LogP contribution in [0.5, 0.6) is 0 Å². The van der Waals surface area contributed by atoms with Crippen molar-refractivity contribution >= 4 is 17.9 Å². The molecule has 398 valence electrons. The second kappa shape index (κ2) is 57.4. The first kappa shape index (κ1) is 65.8. The average Bonchev–Trinajstić information content (AvgIpc) is 3.35. The number of unbranched alkanes of at least 4 members (excludes halogenated alkanes) is 33. The number of rotatable bonds is 53. The lowest BCUT2D eigenvalue weighted by atomic mass is 10.1. The summed E-state index contributed by atoms with van der Waals surface area (Å²) in [5, 5.41) is 0. The lowest BCUT2D eigenvalue weighted by Gasteiger charge is -2.18. The van der Waals surface area contributed by atoms with Gasteiger partial charge >= 0.3 is 17.9 Å². The molecule has 0 saturated heterocycles. The van der Waals surface area contributed by atoms with Gasteiger partial charge in [0.1, 0.15) is 13.2 Å². The Morgan fingerprint density at radius 3 is 0.928 bits per heavy atom. The first-order valence-electron chi connectivity index (χ1n) is 29.5. The SMILES string of the molecule is CC\C=C/C=C\C=C/C=C\CCCCCCCC(=O)OCC(COC(=O)CCCCCCCCC/C=C\CCCCCCCCCC)OC(=O)CCCCCCCCC/C=C\CCCCCCCC. The normalized spacial score (nSPS) is 12.6. The summed E-state index contributed by atoms with van der Waals surface area (Å²) in [4.78, 5) is 38.2. The number of esters is 3. The van der Waals surface area contributed by atoms with Gasteiger partial charge in [-0.25, -0.2) is 0 Å². The van der Waals surface area contributed by atoms with Gasteiger partial charge in [-0.1, -0.05) is 254 Å². The molecule has 0 aromatic rings. The lowest BCUT2D eigenvalue weighted by Crippen LogP contribution is -2.30. The van der Waals surface area contributed by atoms with Crippen LogP contribution in [0.3, 0.4) is 0 Å². The molecule has 0 aromatic carbocycles. The van der Waals surface area contributed by atoms with E-state index in [1.165, 1.54) is 167 Å². The standard InChI is InChI=1S/C63H110O6/c1-4-7-10-13-16-19-22-25-28-30-31-33-35-38-41-44-47-50-53-56-62(65)68-59-60(58-67-61(64)55-52-49-46-43-40-37-34-27-24-21-18-15-12-9-6-3)69-63(66)57-54-51-48-45-42-39-36-32-29-26-23-20-17-14-11-8-5-2/h9,12,15,18,21,24,26-27,29-31,34,60H,4-8,10-11,13-14,16-17,19-20,22-23,25,28,32-33,35-59H2,1-3H3/b12-9-,18-15-,24-21-,29-26-,31-30-,34-27-. The second-order valence-electron chi connectivity index (χ2n) is 19.6. The summed E-state index contributed by atoms with van der Waals surface area (Å²) < 4.78 is 16.9. The molecule has 0 saturated carbocycles. The Hall–Kier alpha value is -3.15. The fourth-order valence-corrected chi connectivity index (χ4v) is 8.33. The van der Waals surface area contributed by atoms with Gasteiger partial charge < -0.3 is 14.2 Å². The molecule has 69 heavy (non-hydrogen) atoms. The molecule has 0 rings (SSSR count). The Bertz CT molecular complexity index is 1290. The van der Waals surface area contributed by atoms with Crippen LogP contribution in [0.15, 0.2) is 72.9 Å². The van der Waals surface area contributed by atoms with Crippen molar-refractivity contribution in [1.82, 2.24) is 0 Å². The minimum Gasteiger partial charge on any atom is -0.462 e. The molecular weight excluding hydrogens is 853 g/mol. The molecule has 0 spiro atoms. The highest BCUT2D eigenvalue weighted by atomic mass is 16.6. The van der Waals surface area contributed by atoms with Crippen LogP contribution >= 0.6 is 0 Å². The summed E-state index contributed by atoms with van der Waals surface area (Å²) in [7, 11) is 0. The molecule has 0 aromatic heterocycles. The molecular formula is C63H110O6. The molecule has 0 N–H and O–H groups in total. The first-order valence-corrected chi connectivity index (χ1v) is 29.5. The van der Waals surface area contributed by atoms with Gasteiger partial charge in [-0.3, -0.25) is 14.4 Å². The number of hydrogen-bond acceptors (Lipinski definition) is 6. The highest BCUT2D eigenvalue weighted by molar-refractivity contribution is 5.71. The predicted molar refractivity (Wildman–Crippen MR) is 298 cm³/mol. The van der Waals surface area contributed by atoms with Crippen LogP contribution in [0.1, 0.15) is 290 Å². The van der Waals surface area contributed by atoms with Crippen molar-refractivity contribution in [3.05, 3.63) is 72.9 Å². The van der Waals surface area contributed by atoms with Crippen LogP contribution in [0.25, 0.3) is 0 Å². The van der Waals surface area contributed by atoms with Crippen LogP contribution in [0, 0.1) is 0 Å². The molecule has 0 aliphatic heterocycles. The maximum atomic E-state index is 12.9. The highest BCUT2D eigenvalue weighted by Crippen LogP contribution is 2.15. The Morgan fingerprint density at radius 1 is 0.304 bits per heavy atom. The zero-order chi connectivity index (χ0) is 50.0. The Balaban J connectivity index is 4.40. The van der Waals surface area contributed by atoms with Gasteiger partial charge in [0.2, 0.25) is 0 Å². The third kappa shape index (κ3) is 55.6. The Morgan fingerprint density at radius 2 is 0.580 bits per heavy atom. The van der Waals surface area contributed by atoms with Crippen molar-refractivity contribution in [2.24, 2.45) is 0 Å². The van der Waals surface area contributed by atoms with Crippen molar-refractivity contribution in [3.63, 3.8) is 0 Å². The molecule has 0 radical (unpaired) electrons. The van der Waals surface area contributed by atoms with E-state index in [0.29, 0.717) is 19.3 Å². The van der Waals surface area contributed by atoms with Crippen molar-refractivity contribution in [2.45, 2.75) is 297 Å². The summed E-state index contributed by atoms with van der Waals surface area (Å²) >= 11 is 0. The molecule has 6 heteroatoms. The molecule has 0 aliphatic rings. The fourth-order valence-electron chi connectivity index (χ4n) is 8.33. The van der Waals surface area contributed by atoms with E-state index in [1.807, 2.05) is 18.2 Å². The minimum atomic E-state index is -0.790. The number of carbonyl (C=O) groups is 3. The van der Waals surface area contributed by atoms with E-state index in [2.05, 4.69) is 75.5 Å². The Kier molecular flexibility index (Phi) is 54.8. The van der Waals surface area contributed by atoms with Crippen molar-refractivity contribution in [1.29, 1.82) is 0 Å². The molecule has 0 amide bonds. The third-order valence-corrected chi connectivity index (χ3v) is 12.8. The minimum absolute atomic E-state index is 0.0864. The lowest BCUT2D eigenvalue weighted by molar-refractivity contribution is -0.167. The van der Waals surface area contributed by atoms with Crippen molar-refractivity contribution in [3.8, 4) is 0 Å². The summed E-state index contributed by atoms with van der Waals surface area (Å²) in [6.45, 7) is 6.50. The molecule has 0 fully saturated rings. The Labute approximate surface area is 427 Å². The number of ether oxygens (including phenoxy) is 3. The molecule has 0 bridgehead atoms. The van der Waals surface area contributed by atoms with Gasteiger partial charge in [-0.05, 0) is 89.9 Å². The van der Waals surface area contributed by atoms with E-state index in [4.69, 9.17) is 14.2 Å². The molecule has 0 heterocycles. The predicted octanol–water partition coefficient (Wildman–Crippen LogP) is 19.8. The molecule has 6 nitrogen and oxygen atoms in total. The van der Waals surface area contributed by atoms with E-state index >= 15 is 0 Å². The zero-order valence-electron chi connectivity index (χ0n) is 45.6. The van der Waals surface area contributed by atoms with Crippen LogP contribution < -0.4 is 0 Å².